The van der Waals surface area contributed by atoms with Crippen molar-refractivity contribution >= 4 is 17.6 Å². The quantitative estimate of drug-likeness (QED) is 0.479. The molecular weight excluding hydrogens is 362 g/mol. The van der Waals surface area contributed by atoms with Crippen molar-refractivity contribution in [2.75, 3.05) is 7.11 Å². The number of allylic oxidation sites excluding steroid dienone is 1. The Labute approximate surface area is 169 Å². The topological polar surface area (TPSA) is 78.8 Å². The fourth-order valence-electron chi connectivity index (χ4n) is 3.29. The van der Waals surface area contributed by atoms with Gasteiger partial charge in [-0.2, -0.15) is 10.5 Å². The molecule has 5 heteroatoms. The van der Waals surface area contributed by atoms with Gasteiger partial charge in [0.2, 0.25) is 0 Å². The zero-order valence-electron chi connectivity index (χ0n) is 16.4. The molecule has 0 amide bonds. The van der Waals surface area contributed by atoms with Crippen LogP contribution >= 0.6 is 0 Å². The molecule has 1 heterocycles. The van der Waals surface area contributed by atoms with Gasteiger partial charge in [0.25, 0.3) is 0 Å². The van der Waals surface area contributed by atoms with Crippen molar-refractivity contribution in [1.82, 2.24) is 4.57 Å². The summed E-state index contributed by atoms with van der Waals surface area (Å²) in [5.41, 5.74) is 6.00. The maximum atomic E-state index is 11.6. The minimum absolute atomic E-state index is 0.376. The maximum absolute atomic E-state index is 11.6. The molecule has 0 aliphatic carbocycles. The van der Waals surface area contributed by atoms with Gasteiger partial charge in [-0.15, -0.1) is 0 Å². The molecule has 0 bridgehead atoms. The Hall–Kier alpha value is -4.09. The number of hydrogen-bond acceptors (Lipinski definition) is 4. The molecular formula is C24H19N3O2. The number of nitrogens with zero attached hydrogens (tertiary/aromatic N) is 3. The van der Waals surface area contributed by atoms with Crippen LogP contribution in [-0.2, 0) is 4.74 Å². The van der Waals surface area contributed by atoms with E-state index in [9.17, 15) is 10.1 Å². The van der Waals surface area contributed by atoms with E-state index in [1.54, 1.807) is 30.3 Å². The first-order chi connectivity index (χ1) is 14.0. The van der Waals surface area contributed by atoms with Crippen LogP contribution in [0.2, 0.25) is 0 Å². The number of hydrogen-bond donors (Lipinski definition) is 0. The number of methoxy groups -OCH3 is 1. The Morgan fingerprint density at radius 1 is 1.03 bits per heavy atom. The summed E-state index contributed by atoms with van der Waals surface area (Å²) in [6.07, 6.45) is 1.83. The lowest BCUT2D eigenvalue weighted by Crippen LogP contribution is -2.03. The van der Waals surface area contributed by atoms with E-state index < -0.39 is 0 Å². The summed E-state index contributed by atoms with van der Waals surface area (Å²) in [5.74, 6) is -0.376. The zero-order valence-corrected chi connectivity index (χ0v) is 16.4. The fourth-order valence-corrected chi connectivity index (χ4v) is 3.29. The highest BCUT2D eigenvalue weighted by atomic mass is 16.5. The van der Waals surface area contributed by atoms with Crippen molar-refractivity contribution in [3.63, 3.8) is 0 Å². The standard InChI is InChI=1S/C24H19N3O2/c1-16-11-21(13-22(15-26)20-6-4-5-18(12-20)14-25)17(2)27(16)23-9-7-19(8-10-23)24(28)29-3/h4-13H,1-3H3/b22-13-. The van der Waals surface area contributed by atoms with Crippen LogP contribution in [0.25, 0.3) is 17.3 Å². The second kappa shape index (κ2) is 8.29. The largest absolute Gasteiger partial charge is 0.465 e. The Morgan fingerprint density at radius 3 is 2.38 bits per heavy atom. The molecule has 142 valence electrons. The smallest absolute Gasteiger partial charge is 0.337 e. The molecule has 0 aliphatic rings. The maximum Gasteiger partial charge on any atom is 0.337 e. The number of benzene rings is 2. The summed E-state index contributed by atoms with van der Waals surface area (Å²) in [6.45, 7) is 3.97. The van der Waals surface area contributed by atoms with Crippen molar-refractivity contribution in [2.24, 2.45) is 0 Å². The van der Waals surface area contributed by atoms with Crippen LogP contribution in [0.15, 0.2) is 54.6 Å². The van der Waals surface area contributed by atoms with Gasteiger partial charge in [-0.25, -0.2) is 4.79 Å². The van der Waals surface area contributed by atoms with E-state index in [2.05, 4.69) is 16.7 Å². The minimum Gasteiger partial charge on any atom is -0.465 e. The van der Waals surface area contributed by atoms with Crippen LogP contribution in [0.1, 0.15) is 38.4 Å². The summed E-state index contributed by atoms with van der Waals surface area (Å²) in [6, 6.07) is 20.5. The van der Waals surface area contributed by atoms with E-state index in [4.69, 9.17) is 10.00 Å². The fraction of sp³-hybridized carbons (Fsp3) is 0.125. The summed E-state index contributed by atoms with van der Waals surface area (Å²) < 4.78 is 6.81. The number of aryl methyl sites for hydroxylation is 1. The van der Waals surface area contributed by atoms with Gasteiger partial charge in [0, 0.05) is 17.1 Å². The third-order valence-corrected chi connectivity index (χ3v) is 4.74. The van der Waals surface area contributed by atoms with Crippen LogP contribution < -0.4 is 0 Å². The van der Waals surface area contributed by atoms with Crippen LogP contribution in [-0.4, -0.2) is 17.6 Å². The van der Waals surface area contributed by atoms with Crippen molar-refractivity contribution < 1.29 is 9.53 Å². The molecule has 0 radical (unpaired) electrons. The Bertz CT molecular complexity index is 1190. The van der Waals surface area contributed by atoms with Crippen LogP contribution in [0.4, 0.5) is 0 Å². The first kappa shape index (κ1) is 19.7. The van der Waals surface area contributed by atoms with Gasteiger partial charge >= 0.3 is 5.97 Å². The lowest BCUT2D eigenvalue weighted by Gasteiger charge is -2.10. The van der Waals surface area contributed by atoms with E-state index in [0.29, 0.717) is 22.3 Å². The summed E-state index contributed by atoms with van der Waals surface area (Å²) in [7, 11) is 1.36. The molecule has 2 aromatic carbocycles. The predicted molar refractivity (Wildman–Crippen MR) is 111 cm³/mol. The van der Waals surface area contributed by atoms with Gasteiger partial charge in [-0.3, -0.25) is 0 Å². The van der Waals surface area contributed by atoms with E-state index in [1.807, 2.05) is 44.2 Å². The van der Waals surface area contributed by atoms with Gasteiger partial charge in [0.1, 0.15) is 0 Å². The first-order valence-electron chi connectivity index (χ1n) is 8.98. The molecule has 5 nitrogen and oxygen atoms in total. The molecule has 0 unspecified atom stereocenters. The molecule has 0 atom stereocenters. The molecule has 0 aliphatic heterocycles. The number of carbonyl (C=O) groups is 1. The number of carbonyl (C=O) groups excluding carboxylic acids is 1. The van der Waals surface area contributed by atoms with Crippen LogP contribution in [0.3, 0.4) is 0 Å². The van der Waals surface area contributed by atoms with Crippen molar-refractivity contribution in [3.8, 4) is 17.8 Å². The molecule has 3 aromatic rings. The molecule has 0 N–H and O–H groups in total. The molecule has 3 rings (SSSR count). The summed E-state index contributed by atoms with van der Waals surface area (Å²) in [5, 5.41) is 18.7. The lowest BCUT2D eigenvalue weighted by molar-refractivity contribution is 0.0600. The van der Waals surface area contributed by atoms with Crippen molar-refractivity contribution in [2.45, 2.75) is 13.8 Å². The van der Waals surface area contributed by atoms with E-state index in [-0.39, 0.29) is 5.97 Å². The molecule has 1 aromatic heterocycles. The monoisotopic (exact) mass is 381 g/mol. The molecule has 0 fully saturated rings. The lowest BCUT2D eigenvalue weighted by atomic mass is 10.0. The molecule has 29 heavy (non-hydrogen) atoms. The van der Waals surface area contributed by atoms with Crippen LogP contribution in [0.5, 0.6) is 0 Å². The van der Waals surface area contributed by atoms with Gasteiger partial charge in [-0.1, -0.05) is 12.1 Å². The highest BCUT2D eigenvalue weighted by molar-refractivity contribution is 5.91. The van der Waals surface area contributed by atoms with Crippen molar-refractivity contribution in [1.29, 1.82) is 10.5 Å². The summed E-state index contributed by atoms with van der Waals surface area (Å²) >= 11 is 0. The predicted octanol–water partition coefficient (Wildman–Crippen LogP) is 4.82. The Kier molecular flexibility index (Phi) is 5.62. The average Bonchev–Trinajstić information content (AvgIpc) is 3.04. The Morgan fingerprint density at radius 2 is 1.76 bits per heavy atom. The highest BCUT2D eigenvalue weighted by Crippen LogP contribution is 2.26. The van der Waals surface area contributed by atoms with Gasteiger partial charge < -0.3 is 9.30 Å². The Balaban J connectivity index is 2.03. The van der Waals surface area contributed by atoms with E-state index in [1.165, 1.54) is 7.11 Å². The highest BCUT2D eigenvalue weighted by Gasteiger charge is 2.12. The number of nitriles is 2. The second-order valence-corrected chi connectivity index (χ2v) is 6.56. The molecule has 0 saturated carbocycles. The number of rotatable bonds is 4. The number of esters is 1. The van der Waals surface area contributed by atoms with Gasteiger partial charge in [0.15, 0.2) is 0 Å². The van der Waals surface area contributed by atoms with Crippen LogP contribution in [0, 0.1) is 36.5 Å². The first-order valence-corrected chi connectivity index (χ1v) is 8.98. The summed E-state index contributed by atoms with van der Waals surface area (Å²) in [4.78, 5) is 11.6. The zero-order chi connectivity index (χ0) is 21.0. The number of ether oxygens (including phenoxy) is 1. The number of aromatic nitrogens is 1. The normalized spacial score (nSPS) is 10.9. The minimum atomic E-state index is -0.376. The second-order valence-electron chi connectivity index (χ2n) is 6.56. The SMILES string of the molecule is COC(=O)c1ccc(-n2c(C)cc(/C=C(/C#N)c3cccc(C#N)c3)c2C)cc1. The third-order valence-electron chi connectivity index (χ3n) is 4.74. The average molecular weight is 381 g/mol. The third kappa shape index (κ3) is 3.95. The van der Waals surface area contributed by atoms with Gasteiger partial charge in [-0.05, 0) is 73.5 Å². The molecule has 0 spiro atoms. The molecule has 0 saturated heterocycles. The van der Waals surface area contributed by atoms with E-state index >= 15 is 0 Å². The van der Waals surface area contributed by atoms with Crippen molar-refractivity contribution in [3.05, 3.63) is 88.2 Å². The van der Waals surface area contributed by atoms with Gasteiger partial charge in [0.05, 0.1) is 35.9 Å². The van der Waals surface area contributed by atoms with E-state index in [0.717, 1.165) is 22.6 Å².